The molecule has 0 amide bonds. The zero-order chi connectivity index (χ0) is 11.4. The quantitative estimate of drug-likeness (QED) is 0.715. The lowest BCUT2D eigenvalue weighted by molar-refractivity contribution is 0.702. The average molecular weight is 240 g/mol. The minimum atomic E-state index is 0.436. The molecule has 1 heterocycles. The minimum Gasteiger partial charge on any atom is -0.352 e. The van der Waals surface area contributed by atoms with Crippen LogP contribution in [0.5, 0.6) is 0 Å². The number of aromatic nitrogens is 2. The first-order valence-corrected chi connectivity index (χ1v) is 6.52. The van der Waals surface area contributed by atoms with E-state index in [4.69, 9.17) is 11.6 Å². The van der Waals surface area contributed by atoms with Crippen LogP contribution in [0.15, 0.2) is 12.4 Å². The summed E-state index contributed by atoms with van der Waals surface area (Å²) < 4.78 is 0. The molecule has 1 fully saturated rings. The van der Waals surface area contributed by atoms with Crippen LogP contribution in [0.3, 0.4) is 0 Å². The lowest BCUT2D eigenvalue weighted by Crippen LogP contribution is -2.27. The van der Waals surface area contributed by atoms with Gasteiger partial charge in [-0.15, -0.1) is 11.6 Å². The summed E-state index contributed by atoms with van der Waals surface area (Å²) in [6, 6.07) is 0.697. The lowest BCUT2D eigenvalue weighted by Gasteiger charge is -2.22. The fourth-order valence-electron chi connectivity index (χ4n) is 1.76. The first kappa shape index (κ1) is 11.6. The molecule has 16 heavy (non-hydrogen) atoms. The van der Waals surface area contributed by atoms with Crippen LogP contribution in [-0.4, -0.2) is 22.6 Å². The van der Waals surface area contributed by atoms with Gasteiger partial charge in [-0.1, -0.05) is 13.3 Å². The van der Waals surface area contributed by atoms with Gasteiger partial charge in [-0.25, -0.2) is 4.98 Å². The first-order valence-electron chi connectivity index (χ1n) is 5.98. The molecule has 2 rings (SSSR count). The van der Waals surface area contributed by atoms with Crippen molar-refractivity contribution in [3.63, 3.8) is 0 Å². The van der Waals surface area contributed by atoms with Crippen molar-refractivity contribution in [2.45, 2.75) is 44.5 Å². The van der Waals surface area contributed by atoms with Gasteiger partial charge in [-0.2, -0.15) is 0 Å². The Morgan fingerprint density at radius 2 is 2.19 bits per heavy atom. The van der Waals surface area contributed by atoms with Crippen molar-refractivity contribution in [3.8, 4) is 0 Å². The smallest absolute Gasteiger partial charge is 0.147 e. The van der Waals surface area contributed by atoms with Gasteiger partial charge in [0.2, 0.25) is 0 Å². The summed E-state index contributed by atoms with van der Waals surface area (Å²) in [5.74, 6) is 1.44. The van der Waals surface area contributed by atoms with Crippen LogP contribution in [0.2, 0.25) is 0 Å². The molecule has 0 spiro atoms. The zero-order valence-corrected chi connectivity index (χ0v) is 10.5. The molecule has 0 bridgehead atoms. The summed E-state index contributed by atoms with van der Waals surface area (Å²) in [6.07, 6.45) is 8.66. The molecule has 3 nitrogen and oxygen atoms in total. The van der Waals surface area contributed by atoms with Crippen molar-refractivity contribution in [2.75, 3.05) is 11.4 Å². The fraction of sp³-hybridized carbons (Fsp3) is 0.667. The molecular weight excluding hydrogens is 222 g/mol. The highest BCUT2D eigenvalue weighted by atomic mass is 35.5. The van der Waals surface area contributed by atoms with Crippen LogP contribution in [0.4, 0.5) is 5.82 Å². The Balaban J connectivity index is 2.05. The van der Waals surface area contributed by atoms with Crippen LogP contribution in [0, 0.1) is 0 Å². The average Bonchev–Trinajstić information content (AvgIpc) is 3.15. The highest BCUT2D eigenvalue weighted by Crippen LogP contribution is 2.30. The van der Waals surface area contributed by atoms with Gasteiger partial charge in [-0.05, 0) is 19.3 Å². The second-order valence-corrected chi connectivity index (χ2v) is 4.54. The Kier molecular flexibility index (Phi) is 3.99. The van der Waals surface area contributed by atoms with Crippen molar-refractivity contribution in [1.29, 1.82) is 0 Å². The van der Waals surface area contributed by atoms with E-state index < -0.39 is 0 Å². The maximum atomic E-state index is 5.70. The third kappa shape index (κ3) is 2.85. The summed E-state index contributed by atoms with van der Waals surface area (Å²) in [5, 5.41) is 0. The predicted molar refractivity (Wildman–Crippen MR) is 66.9 cm³/mol. The molecular formula is C12H18ClN3. The van der Waals surface area contributed by atoms with Crippen molar-refractivity contribution in [1.82, 2.24) is 9.97 Å². The van der Waals surface area contributed by atoms with E-state index in [0.29, 0.717) is 11.9 Å². The molecule has 88 valence electrons. The van der Waals surface area contributed by atoms with Gasteiger partial charge in [0, 0.05) is 12.6 Å². The van der Waals surface area contributed by atoms with E-state index >= 15 is 0 Å². The number of alkyl halides is 1. The summed E-state index contributed by atoms with van der Waals surface area (Å²) in [4.78, 5) is 11.1. The summed E-state index contributed by atoms with van der Waals surface area (Å²) in [5.41, 5.74) is 0.844. The van der Waals surface area contributed by atoms with Crippen molar-refractivity contribution in [2.24, 2.45) is 0 Å². The Morgan fingerprint density at radius 3 is 2.69 bits per heavy atom. The van der Waals surface area contributed by atoms with Gasteiger partial charge in [0.05, 0.1) is 24.0 Å². The standard InChI is InChI=1S/C12H18ClN3/c1-2-3-6-16(11-4-5-11)12-9-14-10(7-13)8-15-12/h8-9,11H,2-7H2,1H3. The number of rotatable bonds is 6. The normalized spacial score (nSPS) is 15.1. The molecule has 0 N–H and O–H groups in total. The fourth-order valence-corrected chi connectivity index (χ4v) is 1.90. The molecule has 1 aliphatic rings. The minimum absolute atomic E-state index is 0.436. The molecule has 1 saturated carbocycles. The summed E-state index contributed by atoms with van der Waals surface area (Å²) >= 11 is 5.70. The third-order valence-electron chi connectivity index (χ3n) is 2.86. The van der Waals surface area contributed by atoms with E-state index in [1.165, 1.54) is 25.7 Å². The first-order chi connectivity index (χ1) is 7.85. The molecule has 0 saturated heterocycles. The van der Waals surface area contributed by atoms with Gasteiger partial charge in [0.1, 0.15) is 5.82 Å². The number of nitrogens with zero attached hydrogens (tertiary/aromatic N) is 3. The topological polar surface area (TPSA) is 29.0 Å². The van der Waals surface area contributed by atoms with Crippen molar-refractivity contribution >= 4 is 17.4 Å². The van der Waals surface area contributed by atoms with E-state index in [2.05, 4.69) is 21.8 Å². The highest BCUT2D eigenvalue weighted by Gasteiger charge is 2.29. The lowest BCUT2D eigenvalue weighted by atomic mass is 10.3. The van der Waals surface area contributed by atoms with E-state index in [9.17, 15) is 0 Å². The Bertz CT molecular complexity index is 322. The molecule has 1 aromatic rings. The van der Waals surface area contributed by atoms with Gasteiger partial charge >= 0.3 is 0 Å². The van der Waals surface area contributed by atoms with Crippen molar-refractivity contribution < 1.29 is 0 Å². The molecule has 0 aromatic carbocycles. The van der Waals surface area contributed by atoms with E-state index in [1.54, 1.807) is 6.20 Å². The third-order valence-corrected chi connectivity index (χ3v) is 3.14. The molecule has 0 aliphatic heterocycles. The highest BCUT2D eigenvalue weighted by molar-refractivity contribution is 6.16. The van der Waals surface area contributed by atoms with Gasteiger partial charge < -0.3 is 4.90 Å². The molecule has 0 radical (unpaired) electrons. The van der Waals surface area contributed by atoms with Crippen LogP contribution in [0.25, 0.3) is 0 Å². The number of halogens is 1. The Morgan fingerprint density at radius 1 is 1.38 bits per heavy atom. The molecule has 1 aliphatic carbocycles. The number of hydrogen-bond acceptors (Lipinski definition) is 3. The monoisotopic (exact) mass is 239 g/mol. The van der Waals surface area contributed by atoms with E-state index in [-0.39, 0.29) is 0 Å². The van der Waals surface area contributed by atoms with Crippen LogP contribution in [0.1, 0.15) is 38.3 Å². The maximum Gasteiger partial charge on any atom is 0.147 e. The Labute approximate surface area is 102 Å². The van der Waals surface area contributed by atoms with Crippen molar-refractivity contribution in [3.05, 3.63) is 18.1 Å². The van der Waals surface area contributed by atoms with Gasteiger partial charge in [0.15, 0.2) is 0 Å². The SMILES string of the molecule is CCCCN(c1cnc(CCl)cn1)C1CC1. The number of unbranched alkanes of at least 4 members (excludes halogenated alkanes) is 1. The predicted octanol–water partition coefficient (Wildman–Crippen LogP) is 2.98. The van der Waals surface area contributed by atoms with Crippen LogP contribution >= 0.6 is 11.6 Å². The maximum absolute atomic E-state index is 5.70. The molecule has 0 atom stereocenters. The van der Waals surface area contributed by atoms with Gasteiger partial charge in [0.25, 0.3) is 0 Å². The van der Waals surface area contributed by atoms with Gasteiger partial charge in [-0.3, -0.25) is 4.98 Å². The van der Waals surface area contributed by atoms with Crippen LogP contribution < -0.4 is 4.90 Å². The summed E-state index contributed by atoms with van der Waals surface area (Å²) in [7, 11) is 0. The summed E-state index contributed by atoms with van der Waals surface area (Å²) in [6.45, 7) is 3.31. The molecule has 4 heteroatoms. The number of anilines is 1. The van der Waals surface area contributed by atoms with Crippen LogP contribution in [-0.2, 0) is 5.88 Å². The second kappa shape index (κ2) is 5.48. The molecule has 0 unspecified atom stereocenters. The zero-order valence-electron chi connectivity index (χ0n) is 9.69. The largest absolute Gasteiger partial charge is 0.352 e. The molecule has 1 aromatic heterocycles. The Hall–Kier alpha value is -0.830. The van der Waals surface area contributed by atoms with E-state index in [1.807, 2.05) is 6.20 Å². The van der Waals surface area contributed by atoms with E-state index in [0.717, 1.165) is 18.1 Å². The second-order valence-electron chi connectivity index (χ2n) is 4.28. The number of hydrogen-bond donors (Lipinski definition) is 0.